The maximum Gasteiger partial charge on any atom is 0.321 e. The molecule has 0 saturated carbocycles. The second kappa shape index (κ2) is 9.30. The molecule has 0 bridgehead atoms. The van der Waals surface area contributed by atoms with Gasteiger partial charge in [-0.1, -0.05) is 17.7 Å². The first-order valence-corrected chi connectivity index (χ1v) is 8.82. The summed E-state index contributed by atoms with van der Waals surface area (Å²) in [5, 5.41) is 4.68. The summed E-state index contributed by atoms with van der Waals surface area (Å²) in [6, 6.07) is 4.89. The summed E-state index contributed by atoms with van der Waals surface area (Å²) in [4.78, 5) is 47.7. The first kappa shape index (κ1) is 22.3. The molecule has 7 nitrogen and oxygen atoms in total. The van der Waals surface area contributed by atoms with E-state index in [2.05, 4.69) is 10.6 Å². The first-order valence-electron chi connectivity index (χ1n) is 8.82. The van der Waals surface area contributed by atoms with Gasteiger partial charge in [-0.2, -0.15) is 0 Å². The molecular formula is C20H28N2O5. The maximum absolute atomic E-state index is 12.3. The van der Waals surface area contributed by atoms with Gasteiger partial charge in [0.2, 0.25) is 0 Å². The van der Waals surface area contributed by atoms with Gasteiger partial charge in [0, 0.05) is 17.5 Å². The van der Waals surface area contributed by atoms with Gasteiger partial charge in [-0.05, 0) is 53.2 Å². The van der Waals surface area contributed by atoms with Crippen molar-refractivity contribution in [3.63, 3.8) is 0 Å². The standard InChI is InChI=1S/C20H28N2O5/c1-12-7-8-13(2)15(11-12)16(23)9-10-17(24)27-14(3)18(25)21-19(26)22-20(4,5)6/h7-8,11,14H,9-10H2,1-6H3,(H2,21,22,25,26). The van der Waals surface area contributed by atoms with Gasteiger partial charge in [-0.15, -0.1) is 0 Å². The number of aryl methyl sites for hydroxylation is 2. The Balaban J connectivity index is 2.49. The van der Waals surface area contributed by atoms with E-state index in [4.69, 9.17) is 4.74 Å². The van der Waals surface area contributed by atoms with Crippen LogP contribution in [0.3, 0.4) is 0 Å². The molecule has 0 aliphatic carbocycles. The predicted octanol–water partition coefficient (Wildman–Crippen LogP) is 2.82. The van der Waals surface area contributed by atoms with Crippen molar-refractivity contribution in [1.29, 1.82) is 0 Å². The zero-order valence-corrected chi connectivity index (χ0v) is 16.8. The number of hydrogen-bond acceptors (Lipinski definition) is 5. The average Bonchev–Trinajstić information content (AvgIpc) is 2.52. The van der Waals surface area contributed by atoms with Crippen LogP contribution < -0.4 is 10.6 Å². The van der Waals surface area contributed by atoms with E-state index in [1.54, 1.807) is 26.8 Å². The second-order valence-electron chi connectivity index (χ2n) is 7.57. The number of carbonyl (C=O) groups is 4. The van der Waals surface area contributed by atoms with Crippen molar-refractivity contribution in [1.82, 2.24) is 10.6 Å². The number of carbonyl (C=O) groups excluding carboxylic acids is 4. The Hall–Kier alpha value is -2.70. The number of nitrogens with one attached hydrogen (secondary N) is 2. The van der Waals surface area contributed by atoms with Gasteiger partial charge in [0.05, 0.1) is 6.42 Å². The predicted molar refractivity (Wildman–Crippen MR) is 101 cm³/mol. The van der Waals surface area contributed by atoms with Crippen LogP contribution in [-0.2, 0) is 14.3 Å². The second-order valence-corrected chi connectivity index (χ2v) is 7.57. The van der Waals surface area contributed by atoms with Gasteiger partial charge >= 0.3 is 12.0 Å². The van der Waals surface area contributed by atoms with Gasteiger partial charge in [-0.3, -0.25) is 19.7 Å². The number of ketones is 1. The smallest absolute Gasteiger partial charge is 0.321 e. The molecule has 3 amide bonds. The molecule has 27 heavy (non-hydrogen) atoms. The molecule has 2 N–H and O–H groups in total. The number of esters is 1. The van der Waals surface area contributed by atoms with Gasteiger partial charge in [0.25, 0.3) is 5.91 Å². The third-order valence-corrected chi connectivity index (χ3v) is 3.65. The highest BCUT2D eigenvalue weighted by molar-refractivity contribution is 5.99. The van der Waals surface area contributed by atoms with E-state index in [9.17, 15) is 19.2 Å². The lowest BCUT2D eigenvalue weighted by Crippen LogP contribution is -2.50. The summed E-state index contributed by atoms with van der Waals surface area (Å²) in [5.41, 5.74) is 1.88. The highest BCUT2D eigenvalue weighted by atomic mass is 16.5. The molecule has 1 unspecified atom stereocenters. The fourth-order valence-electron chi connectivity index (χ4n) is 2.28. The summed E-state index contributed by atoms with van der Waals surface area (Å²) in [6.45, 7) is 10.4. The Morgan fingerprint density at radius 2 is 1.70 bits per heavy atom. The third kappa shape index (κ3) is 8.02. The highest BCUT2D eigenvalue weighted by Crippen LogP contribution is 2.14. The van der Waals surface area contributed by atoms with Crippen LogP contribution in [0.5, 0.6) is 0 Å². The van der Waals surface area contributed by atoms with E-state index < -0.39 is 29.6 Å². The van der Waals surface area contributed by atoms with Crippen LogP contribution in [0.25, 0.3) is 0 Å². The summed E-state index contributed by atoms with van der Waals surface area (Å²) in [6.07, 6.45) is -1.29. The lowest BCUT2D eigenvalue weighted by molar-refractivity contribution is -0.154. The largest absolute Gasteiger partial charge is 0.453 e. The SMILES string of the molecule is Cc1ccc(C)c(C(=O)CCC(=O)OC(C)C(=O)NC(=O)NC(C)(C)C)c1. The molecule has 0 spiro atoms. The van der Waals surface area contributed by atoms with Crippen LogP contribution in [0.15, 0.2) is 18.2 Å². The molecule has 1 atom stereocenters. The Morgan fingerprint density at radius 1 is 1.07 bits per heavy atom. The zero-order valence-electron chi connectivity index (χ0n) is 16.8. The normalized spacial score (nSPS) is 12.1. The van der Waals surface area contributed by atoms with Crippen LogP contribution in [0.2, 0.25) is 0 Å². The Bertz CT molecular complexity index is 734. The van der Waals surface area contributed by atoms with Gasteiger partial charge in [-0.25, -0.2) is 4.79 Å². The van der Waals surface area contributed by atoms with Crippen molar-refractivity contribution in [3.8, 4) is 0 Å². The number of Topliss-reactive ketones (excluding diaryl/α,β-unsaturated/α-hetero) is 1. The molecule has 0 aromatic heterocycles. The van der Waals surface area contributed by atoms with Crippen LogP contribution in [0.1, 0.15) is 62.0 Å². The van der Waals surface area contributed by atoms with Crippen molar-refractivity contribution in [2.24, 2.45) is 0 Å². The van der Waals surface area contributed by atoms with Gasteiger partial charge in [0.1, 0.15) is 0 Å². The number of imide groups is 1. The van der Waals surface area contributed by atoms with Gasteiger partial charge in [0.15, 0.2) is 11.9 Å². The van der Waals surface area contributed by atoms with Gasteiger partial charge < -0.3 is 10.1 Å². The summed E-state index contributed by atoms with van der Waals surface area (Å²) >= 11 is 0. The summed E-state index contributed by atoms with van der Waals surface area (Å²) < 4.78 is 5.00. The van der Waals surface area contributed by atoms with Crippen LogP contribution >= 0.6 is 0 Å². The lowest BCUT2D eigenvalue weighted by Gasteiger charge is -2.21. The number of benzene rings is 1. The molecule has 1 rings (SSSR count). The fourth-order valence-corrected chi connectivity index (χ4v) is 2.28. The monoisotopic (exact) mass is 376 g/mol. The number of ether oxygens (including phenoxy) is 1. The summed E-state index contributed by atoms with van der Waals surface area (Å²) in [7, 11) is 0. The molecule has 7 heteroatoms. The average molecular weight is 376 g/mol. The number of amides is 3. The Kier molecular flexibility index (Phi) is 7.69. The number of urea groups is 1. The quantitative estimate of drug-likeness (QED) is 0.587. The molecular weight excluding hydrogens is 348 g/mol. The van der Waals surface area contributed by atoms with E-state index in [-0.39, 0.29) is 18.6 Å². The molecule has 1 aromatic rings. The third-order valence-electron chi connectivity index (χ3n) is 3.65. The van der Waals surface area contributed by atoms with Crippen molar-refractivity contribution >= 4 is 23.7 Å². The Labute approximate surface area is 159 Å². The highest BCUT2D eigenvalue weighted by Gasteiger charge is 2.22. The Morgan fingerprint density at radius 3 is 2.30 bits per heavy atom. The minimum Gasteiger partial charge on any atom is -0.453 e. The molecule has 148 valence electrons. The number of hydrogen-bond donors (Lipinski definition) is 2. The maximum atomic E-state index is 12.3. The van der Waals surface area contributed by atoms with Crippen molar-refractivity contribution < 1.29 is 23.9 Å². The minimum absolute atomic E-state index is 0.0119. The minimum atomic E-state index is -1.14. The molecule has 0 saturated heterocycles. The van der Waals surface area contributed by atoms with Crippen LogP contribution in [-0.4, -0.2) is 35.3 Å². The van der Waals surface area contributed by atoms with E-state index in [1.165, 1.54) is 6.92 Å². The van der Waals surface area contributed by atoms with E-state index in [0.717, 1.165) is 11.1 Å². The molecule has 0 aliphatic rings. The molecule has 0 fully saturated rings. The molecule has 0 radical (unpaired) electrons. The number of rotatable bonds is 6. The lowest BCUT2D eigenvalue weighted by atomic mass is 9.99. The molecule has 0 heterocycles. The van der Waals surface area contributed by atoms with E-state index in [1.807, 2.05) is 26.0 Å². The van der Waals surface area contributed by atoms with E-state index in [0.29, 0.717) is 5.56 Å². The van der Waals surface area contributed by atoms with Crippen molar-refractivity contribution in [2.75, 3.05) is 0 Å². The first-order chi connectivity index (χ1) is 12.4. The van der Waals surface area contributed by atoms with Crippen LogP contribution in [0, 0.1) is 13.8 Å². The molecule has 1 aromatic carbocycles. The van der Waals surface area contributed by atoms with Crippen LogP contribution in [0.4, 0.5) is 4.79 Å². The van der Waals surface area contributed by atoms with Crippen molar-refractivity contribution in [2.45, 2.75) is 66.0 Å². The summed E-state index contributed by atoms with van der Waals surface area (Å²) in [5.74, 6) is -1.56. The fraction of sp³-hybridized carbons (Fsp3) is 0.500. The van der Waals surface area contributed by atoms with E-state index >= 15 is 0 Å². The van der Waals surface area contributed by atoms with Crippen molar-refractivity contribution in [3.05, 3.63) is 34.9 Å². The zero-order chi connectivity index (χ0) is 20.8. The topological polar surface area (TPSA) is 102 Å². The molecule has 0 aliphatic heterocycles.